The van der Waals surface area contributed by atoms with E-state index in [1.54, 1.807) is 0 Å². The van der Waals surface area contributed by atoms with Gasteiger partial charge in [-0.1, -0.05) is 133 Å². The first-order valence-corrected chi connectivity index (χ1v) is 15.5. The van der Waals surface area contributed by atoms with Crippen molar-refractivity contribution in [2.75, 3.05) is 0 Å². The Kier molecular flexibility index (Phi) is 5.06. The number of hydrogen-bond acceptors (Lipinski definition) is 1. The third kappa shape index (κ3) is 3.50. The first-order valence-electron chi connectivity index (χ1n) is 15.5. The molecule has 45 heavy (non-hydrogen) atoms. The number of benzene rings is 9. The van der Waals surface area contributed by atoms with Gasteiger partial charge >= 0.3 is 0 Å². The lowest BCUT2D eigenvalue weighted by Crippen LogP contribution is -1.92. The largest absolute Gasteiger partial charge is 0.456 e. The van der Waals surface area contributed by atoms with Gasteiger partial charge in [0.15, 0.2) is 0 Å². The van der Waals surface area contributed by atoms with Gasteiger partial charge in [0.1, 0.15) is 11.2 Å². The van der Waals surface area contributed by atoms with Gasteiger partial charge in [-0.05, 0) is 101 Å². The molecule has 1 aromatic heterocycles. The number of rotatable bonds is 3. The Bertz CT molecular complexity index is 2700. The molecule has 0 aliphatic carbocycles. The first-order chi connectivity index (χ1) is 22.3. The average Bonchev–Trinajstić information content (AvgIpc) is 3.49. The molecule has 0 N–H and O–H groups in total. The minimum atomic E-state index is 0.941. The summed E-state index contributed by atoms with van der Waals surface area (Å²) < 4.78 is 6.33. The lowest BCUT2D eigenvalue weighted by molar-refractivity contribution is 0.669. The molecule has 0 aliphatic heterocycles. The Balaban J connectivity index is 1.28. The van der Waals surface area contributed by atoms with Gasteiger partial charge in [-0.3, -0.25) is 0 Å². The van der Waals surface area contributed by atoms with Crippen LogP contribution in [0.3, 0.4) is 0 Å². The van der Waals surface area contributed by atoms with E-state index in [4.69, 9.17) is 4.42 Å². The normalized spacial score (nSPS) is 12.0. The molecule has 0 radical (unpaired) electrons. The molecular formula is C44H26O. The standard InChI is InChI=1S/C44H26O/c1-2-15-31-27(10-1)11-8-20-32(31)29-13-7-14-30(26-29)41-33-16-3-5-18-35(33)43(36-19-6-4-17-34(36)41)37-24-25-40-44-38(37)23-22-28-12-9-21-39(45-40)42(28)44/h1-26H. The zero-order valence-electron chi connectivity index (χ0n) is 24.4. The highest BCUT2D eigenvalue weighted by atomic mass is 16.3. The summed E-state index contributed by atoms with van der Waals surface area (Å²) in [5, 5.41) is 12.4. The van der Waals surface area contributed by atoms with E-state index in [1.165, 1.54) is 87.2 Å². The molecule has 10 rings (SSSR count). The summed E-state index contributed by atoms with van der Waals surface area (Å²) in [6.45, 7) is 0. The summed E-state index contributed by atoms with van der Waals surface area (Å²) in [6.07, 6.45) is 0. The second-order valence-corrected chi connectivity index (χ2v) is 12.0. The molecule has 208 valence electrons. The molecule has 0 bridgehead atoms. The summed E-state index contributed by atoms with van der Waals surface area (Å²) in [6, 6.07) is 57.4. The van der Waals surface area contributed by atoms with Crippen LogP contribution in [0.2, 0.25) is 0 Å². The van der Waals surface area contributed by atoms with Crippen molar-refractivity contribution in [2.45, 2.75) is 0 Å². The number of hydrogen-bond donors (Lipinski definition) is 0. The van der Waals surface area contributed by atoms with Crippen molar-refractivity contribution in [3.8, 4) is 33.4 Å². The summed E-state index contributed by atoms with van der Waals surface area (Å²) >= 11 is 0. The van der Waals surface area contributed by atoms with Crippen LogP contribution < -0.4 is 0 Å². The van der Waals surface area contributed by atoms with Gasteiger partial charge in [0.05, 0.1) is 0 Å². The maximum Gasteiger partial charge on any atom is 0.136 e. The average molecular weight is 571 g/mol. The van der Waals surface area contributed by atoms with E-state index in [0.717, 1.165) is 11.2 Å². The maximum absolute atomic E-state index is 6.33. The van der Waals surface area contributed by atoms with E-state index in [2.05, 4.69) is 158 Å². The zero-order valence-corrected chi connectivity index (χ0v) is 24.4. The predicted octanol–water partition coefficient (Wildman–Crippen LogP) is 12.6. The van der Waals surface area contributed by atoms with Crippen LogP contribution in [0.4, 0.5) is 0 Å². The van der Waals surface area contributed by atoms with Crippen LogP contribution >= 0.6 is 0 Å². The van der Waals surface area contributed by atoms with Crippen molar-refractivity contribution in [2.24, 2.45) is 0 Å². The fraction of sp³-hybridized carbons (Fsp3) is 0. The Morgan fingerprint density at radius 2 is 0.911 bits per heavy atom. The third-order valence-electron chi connectivity index (χ3n) is 9.62. The molecule has 1 heterocycles. The highest BCUT2D eigenvalue weighted by molar-refractivity contribution is 6.28. The van der Waals surface area contributed by atoms with Crippen LogP contribution in [0.25, 0.3) is 98.4 Å². The molecule has 0 atom stereocenters. The van der Waals surface area contributed by atoms with Crippen LogP contribution in [0.5, 0.6) is 0 Å². The lowest BCUT2D eigenvalue weighted by atomic mass is 9.84. The lowest BCUT2D eigenvalue weighted by Gasteiger charge is -2.19. The first kappa shape index (κ1) is 24.5. The third-order valence-corrected chi connectivity index (χ3v) is 9.62. The van der Waals surface area contributed by atoms with Crippen molar-refractivity contribution in [3.63, 3.8) is 0 Å². The van der Waals surface area contributed by atoms with Gasteiger partial charge < -0.3 is 4.42 Å². The minimum Gasteiger partial charge on any atom is -0.456 e. The molecule has 0 amide bonds. The molecule has 0 unspecified atom stereocenters. The molecule has 0 fully saturated rings. The van der Waals surface area contributed by atoms with Crippen molar-refractivity contribution >= 4 is 65.0 Å². The van der Waals surface area contributed by atoms with Crippen LogP contribution in [0, 0.1) is 0 Å². The smallest absolute Gasteiger partial charge is 0.136 e. The van der Waals surface area contributed by atoms with Gasteiger partial charge in [-0.25, -0.2) is 0 Å². The molecule has 0 aliphatic rings. The van der Waals surface area contributed by atoms with E-state index in [-0.39, 0.29) is 0 Å². The number of fused-ring (bicyclic) bond motifs is 3. The van der Waals surface area contributed by atoms with E-state index >= 15 is 0 Å². The molecule has 10 aromatic rings. The van der Waals surface area contributed by atoms with E-state index in [0.29, 0.717) is 0 Å². The molecule has 0 saturated carbocycles. The minimum absolute atomic E-state index is 0.941. The van der Waals surface area contributed by atoms with Crippen LogP contribution in [-0.4, -0.2) is 0 Å². The highest BCUT2D eigenvalue weighted by Gasteiger charge is 2.21. The topological polar surface area (TPSA) is 13.1 Å². The molecule has 0 saturated heterocycles. The van der Waals surface area contributed by atoms with Crippen molar-refractivity contribution in [3.05, 3.63) is 158 Å². The molecule has 1 heteroatoms. The van der Waals surface area contributed by atoms with Crippen molar-refractivity contribution in [1.82, 2.24) is 0 Å². The maximum atomic E-state index is 6.33. The fourth-order valence-corrected chi connectivity index (χ4v) is 7.71. The monoisotopic (exact) mass is 570 g/mol. The number of furan rings is 1. The van der Waals surface area contributed by atoms with Crippen LogP contribution in [0.1, 0.15) is 0 Å². The van der Waals surface area contributed by atoms with E-state index in [9.17, 15) is 0 Å². The second kappa shape index (κ2) is 9.29. The van der Waals surface area contributed by atoms with Crippen LogP contribution in [0.15, 0.2) is 162 Å². The van der Waals surface area contributed by atoms with Crippen molar-refractivity contribution in [1.29, 1.82) is 0 Å². The molecule has 1 nitrogen and oxygen atoms in total. The molecular weight excluding hydrogens is 544 g/mol. The predicted molar refractivity (Wildman–Crippen MR) is 191 cm³/mol. The quantitative estimate of drug-likeness (QED) is 0.152. The SMILES string of the molecule is c1cc(-c2cccc3ccccc23)cc(-c2c3ccccc3c(-c3ccc4oc5cccc6ccc3c4c65)c3ccccc23)c1. The Morgan fingerprint density at radius 3 is 1.71 bits per heavy atom. The summed E-state index contributed by atoms with van der Waals surface area (Å²) in [5.41, 5.74) is 9.37. The highest BCUT2D eigenvalue weighted by Crippen LogP contribution is 2.48. The molecule has 0 spiro atoms. The van der Waals surface area contributed by atoms with Gasteiger partial charge in [0, 0.05) is 10.8 Å². The van der Waals surface area contributed by atoms with Gasteiger partial charge in [-0.15, -0.1) is 0 Å². The Morgan fingerprint density at radius 1 is 0.311 bits per heavy atom. The van der Waals surface area contributed by atoms with Gasteiger partial charge in [0.2, 0.25) is 0 Å². The second-order valence-electron chi connectivity index (χ2n) is 12.0. The van der Waals surface area contributed by atoms with E-state index in [1.807, 2.05) is 0 Å². The van der Waals surface area contributed by atoms with Gasteiger partial charge in [-0.2, -0.15) is 0 Å². The van der Waals surface area contributed by atoms with Gasteiger partial charge in [0.25, 0.3) is 0 Å². The van der Waals surface area contributed by atoms with Crippen molar-refractivity contribution < 1.29 is 4.42 Å². The summed E-state index contributed by atoms with van der Waals surface area (Å²) in [4.78, 5) is 0. The Labute approximate surface area is 259 Å². The summed E-state index contributed by atoms with van der Waals surface area (Å²) in [5.74, 6) is 0. The molecule has 9 aromatic carbocycles. The summed E-state index contributed by atoms with van der Waals surface area (Å²) in [7, 11) is 0. The zero-order chi connectivity index (χ0) is 29.5. The Hall–Kier alpha value is -5.92. The van der Waals surface area contributed by atoms with E-state index < -0.39 is 0 Å². The fourth-order valence-electron chi connectivity index (χ4n) is 7.71. The van der Waals surface area contributed by atoms with Crippen LogP contribution in [-0.2, 0) is 0 Å².